The van der Waals surface area contributed by atoms with Gasteiger partial charge in [0.2, 0.25) is 0 Å². The van der Waals surface area contributed by atoms with Crippen LogP contribution in [0.2, 0.25) is 0 Å². The first-order chi connectivity index (χ1) is 6.84. The van der Waals surface area contributed by atoms with Crippen LogP contribution in [0.5, 0.6) is 0 Å². The number of nitrogens with zero attached hydrogens (tertiary/aromatic N) is 2. The zero-order chi connectivity index (χ0) is 9.54. The second kappa shape index (κ2) is 3.09. The topological polar surface area (TPSA) is 29.9 Å². The Bertz CT molecular complexity index is 342. The van der Waals surface area contributed by atoms with Gasteiger partial charge >= 0.3 is 0 Å². The van der Waals surface area contributed by atoms with Crippen LogP contribution in [0.25, 0.3) is 0 Å². The van der Waals surface area contributed by atoms with Gasteiger partial charge in [-0.1, -0.05) is 0 Å². The molecule has 0 radical (unpaired) electrons. The summed E-state index contributed by atoms with van der Waals surface area (Å²) in [6.07, 6.45) is 7.19. The van der Waals surface area contributed by atoms with Crippen LogP contribution >= 0.6 is 0 Å². The molecule has 0 saturated carbocycles. The number of piperidine rings is 1. The maximum absolute atomic E-state index is 4.35. The van der Waals surface area contributed by atoms with Gasteiger partial charge in [-0.2, -0.15) is 5.10 Å². The van der Waals surface area contributed by atoms with Crippen LogP contribution in [-0.4, -0.2) is 22.4 Å². The highest BCUT2D eigenvalue weighted by Crippen LogP contribution is 2.30. The minimum absolute atomic E-state index is 0.723. The van der Waals surface area contributed by atoms with Crippen molar-refractivity contribution in [2.24, 2.45) is 13.0 Å². The van der Waals surface area contributed by atoms with Gasteiger partial charge in [0.1, 0.15) is 0 Å². The van der Waals surface area contributed by atoms with Crippen molar-refractivity contribution in [1.82, 2.24) is 15.1 Å². The molecule has 0 spiro atoms. The van der Waals surface area contributed by atoms with Crippen molar-refractivity contribution in [3.63, 3.8) is 0 Å². The van der Waals surface area contributed by atoms with Gasteiger partial charge in [-0.25, -0.2) is 0 Å². The third-order valence-electron chi connectivity index (χ3n) is 3.77. The van der Waals surface area contributed by atoms with Crippen LogP contribution in [0.3, 0.4) is 0 Å². The van der Waals surface area contributed by atoms with Crippen molar-refractivity contribution in [2.75, 3.05) is 6.54 Å². The molecule has 0 amide bonds. The number of hydrogen-bond acceptors (Lipinski definition) is 2. The number of hydrogen-bond donors (Lipinski definition) is 1. The van der Waals surface area contributed by atoms with Crippen LogP contribution < -0.4 is 5.32 Å². The Kier molecular flexibility index (Phi) is 1.87. The van der Waals surface area contributed by atoms with E-state index in [0.717, 1.165) is 12.0 Å². The molecule has 1 aromatic heterocycles. The summed E-state index contributed by atoms with van der Waals surface area (Å²) < 4.78 is 2.06. The van der Waals surface area contributed by atoms with E-state index >= 15 is 0 Å². The zero-order valence-electron chi connectivity index (χ0n) is 8.66. The molecule has 14 heavy (non-hydrogen) atoms. The molecule has 2 unspecified atom stereocenters. The highest BCUT2D eigenvalue weighted by atomic mass is 15.3. The molecular weight excluding hydrogens is 174 g/mol. The van der Waals surface area contributed by atoms with Crippen molar-refractivity contribution in [3.8, 4) is 0 Å². The molecule has 0 aromatic carbocycles. The molecule has 3 nitrogen and oxygen atoms in total. The summed E-state index contributed by atoms with van der Waals surface area (Å²) in [7, 11) is 2.06. The molecular formula is C11H17N3. The first-order valence-electron chi connectivity index (χ1n) is 5.58. The summed E-state index contributed by atoms with van der Waals surface area (Å²) >= 11 is 0. The molecule has 76 valence electrons. The minimum Gasteiger partial charge on any atom is -0.313 e. The van der Waals surface area contributed by atoms with Gasteiger partial charge in [-0.15, -0.1) is 0 Å². The normalized spacial score (nSPS) is 30.9. The average molecular weight is 191 g/mol. The summed E-state index contributed by atoms with van der Waals surface area (Å²) in [6.45, 7) is 1.21. The number of fused-ring (bicyclic) bond motifs is 2. The Morgan fingerprint density at radius 1 is 1.50 bits per heavy atom. The second-order valence-corrected chi connectivity index (χ2v) is 4.61. The Hall–Kier alpha value is -0.830. The summed E-state index contributed by atoms with van der Waals surface area (Å²) in [6, 6.07) is 0.723. The van der Waals surface area contributed by atoms with Gasteiger partial charge in [-0.05, 0) is 43.7 Å². The Morgan fingerprint density at radius 2 is 2.43 bits per heavy atom. The molecule has 1 aliphatic carbocycles. The van der Waals surface area contributed by atoms with Gasteiger partial charge in [-0.3, -0.25) is 4.68 Å². The van der Waals surface area contributed by atoms with Gasteiger partial charge in [0.25, 0.3) is 0 Å². The molecule has 2 atom stereocenters. The zero-order valence-corrected chi connectivity index (χ0v) is 8.66. The van der Waals surface area contributed by atoms with E-state index in [0.29, 0.717) is 0 Å². The fourth-order valence-electron chi connectivity index (χ4n) is 2.93. The number of rotatable bonds is 0. The summed E-state index contributed by atoms with van der Waals surface area (Å²) in [5.41, 5.74) is 2.93. The van der Waals surface area contributed by atoms with Crippen molar-refractivity contribution in [3.05, 3.63) is 17.5 Å². The van der Waals surface area contributed by atoms with E-state index in [-0.39, 0.29) is 0 Å². The molecule has 3 heteroatoms. The molecule has 0 bridgehead atoms. The Balaban J connectivity index is 1.92. The lowest BCUT2D eigenvalue weighted by molar-refractivity contribution is 0.259. The van der Waals surface area contributed by atoms with E-state index < -0.39 is 0 Å². The maximum Gasteiger partial charge on any atom is 0.0525 e. The van der Waals surface area contributed by atoms with E-state index in [4.69, 9.17) is 0 Å². The number of aryl methyl sites for hydroxylation is 1. The van der Waals surface area contributed by atoms with Crippen molar-refractivity contribution in [2.45, 2.75) is 31.7 Å². The van der Waals surface area contributed by atoms with Gasteiger partial charge in [0.15, 0.2) is 0 Å². The van der Waals surface area contributed by atoms with E-state index in [9.17, 15) is 0 Å². The molecule has 2 aliphatic rings. The lowest BCUT2D eigenvalue weighted by Gasteiger charge is -2.36. The smallest absolute Gasteiger partial charge is 0.0525 e. The van der Waals surface area contributed by atoms with Crippen LogP contribution in [0.15, 0.2) is 6.20 Å². The maximum atomic E-state index is 4.35. The standard InChI is InChI=1S/C11H17N3/c1-14-11-6-8-3-2-4-12-10(8)5-9(11)7-13-14/h7-8,10,12H,2-6H2,1H3. The van der Waals surface area contributed by atoms with E-state index in [1.54, 1.807) is 0 Å². The average Bonchev–Trinajstić information content (AvgIpc) is 2.57. The van der Waals surface area contributed by atoms with Crippen LogP contribution in [0, 0.1) is 5.92 Å². The molecule has 1 fully saturated rings. The number of aromatic nitrogens is 2. The van der Waals surface area contributed by atoms with Gasteiger partial charge in [0, 0.05) is 18.8 Å². The van der Waals surface area contributed by atoms with Crippen molar-refractivity contribution >= 4 is 0 Å². The fraction of sp³-hybridized carbons (Fsp3) is 0.727. The highest BCUT2D eigenvalue weighted by molar-refractivity contribution is 5.24. The fourth-order valence-corrected chi connectivity index (χ4v) is 2.93. The molecule has 1 aromatic rings. The summed E-state index contributed by atoms with van der Waals surface area (Å²) in [5, 5.41) is 7.98. The molecule has 1 aliphatic heterocycles. The van der Waals surface area contributed by atoms with Crippen LogP contribution in [0.1, 0.15) is 24.1 Å². The van der Waals surface area contributed by atoms with Crippen molar-refractivity contribution < 1.29 is 0 Å². The first-order valence-corrected chi connectivity index (χ1v) is 5.58. The predicted molar refractivity (Wildman–Crippen MR) is 55.1 cm³/mol. The van der Waals surface area contributed by atoms with Crippen LogP contribution in [0.4, 0.5) is 0 Å². The van der Waals surface area contributed by atoms with E-state index in [2.05, 4.69) is 22.1 Å². The van der Waals surface area contributed by atoms with Gasteiger partial charge in [0.05, 0.1) is 6.20 Å². The quantitative estimate of drug-likeness (QED) is 0.660. The molecule has 1 saturated heterocycles. The van der Waals surface area contributed by atoms with Gasteiger partial charge < -0.3 is 5.32 Å². The third-order valence-corrected chi connectivity index (χ3v) is 3.77. The van der Waals surface area contributed by atoms with Crippen LogP contribution in [-0.2, 0) is 19.9 Å². The lowest BCUT2D eigenvalue weighted by atomic mass is 9.79. The predicted octanol–water partition coefficient (Wildman–Crippen LogP) is 0.887. The number of nitrogens with one attached hydrogen (secondary N) is 1. The highest BCUT2D eigenvalue weighted by Gasteiger charge is 2.31. The van der Waals surface area contributed by atoms with E-state index in [1.807, 2.05) is 6.20 Å². The van der Waals surface area contributed by atoms with E-state index in [1.165, 1.54) is 43.5 Å². The largest absolute Gasteiger partial charge is 0.313 e. The lowest BCUT2D eigenvalue weighted by Crippen LogP contribution is -2.46. The van der Waals surface area contributed by atoms with Crippen molar-refractivity contribution in [1.29, 1.82) is 0 Å². The Labute approximate surface area is 84.5 Å². The molecule has 1 N–H and O–H groups in total. The third kappa shape index (κ3) is 1.19. The second-order valence-electron chi connectivity index (χ2n) is 4.61. The first kappa shape index (κ1) is 8.48. The molecule has 3 rings (SSSR count). The summed E-state index contributed by atoms with van der Waals surface area (Å²) in [5.74, 6) is 0.853. The SMILES string of the molecule is Cn1ncc2c1CC1CCCNC1C2. The Morgan fingerprint density at radius 3 is 3.36 bits per heavy atom. The molecule has 2 heterocycles. The summed E-state index contributed by atoms with van der Waals surface area (Å²) in [4.78, 5) is 0. The monoisotopic (exact) mass is 191 g/mol. The minimum atomic E-state index is 0.723.